The molecule has 3 N–H and O–H groups in total. The number of benzene rings is 1. The summed E-state index contributed by atoms with van der Waals surface area (Å²) >= 11 is 0. The van der Waals surface area contributed by atoms with Gasteiger partial charge in [0.15, 0.2) is 0 Å². The van der Waals surface area contributed by atoms with E-state index < -0.39 is 32.0 Å². The summed E-state index contributed by atoms with van der Waals surface area (Å²) in [6.45, 7) is 10.4. The van der Waals surface area contributed by atoms with Gasteiger partial charge in [-0.1, -0.05) is 52.7 Å². The first kappa shape index (κ1) is 28.5. The van der Waals surface area contributed by atoms with Crippen LogP contribution in [-0.4, -0.2) is 33.3 Å². The van der Waals surface area contributed by atoms with Crippen LogP contribution in [0.15, 0.2) is 35.7 Å². The van der Waals surface area contributed by atoms with Crippen molar-refractivity contribution in [1.29, 1.82) is 0 Å². The van der Waals surface area contributed by atoms with E-state index in [-0.39, 0.29) is 16.6 Å². The Balaban J connectivity index is 2.68. The van der Waals surface area contributed by atoms with E-state index in [1.165, 1.54) is 11.9 Å². The maximum Gasteiger partial charge on any atom is 0.305 e. The SMILES string of the molecule is CCC1(CC)CC(c2ccc(F)c(C)c2)=C(C=CP(=O)(O)C[C@@H](O)CC(=O)O)C(CC)(CC)C1. The third kappa shape index (κ3) is 6.47. The normalized spacial score (nSPS) is 20.4. The van der Waals surface area contributed by atoms with Crippen molar-refractivity contribution in [3.63, 3.8) is 0 Å². The lowest BCUT2D eigenvalue weighted by Crippen LogP contribution is -2.37. The highest BCUT2D eigenvalue weighted by atomic mass is 31.2. The van der Waals surface area contributed by atoms with Gasteiger partial charge in [-0.2, -0.15) is 0 Å². The molecule has 34 heavy (non-hydrogen) atoms. The second-order valence-corrected chi connectivity index (χ2v) is 12.1. The van der Waals surface area contributed by atoms with E-state index in [9.17, 15) is 23.7 Å². The minimum Gasteiger partial charge on any atom is -0.481 e. The highest BCUT2D eigenvalue weighted by Crippen LogP contribution is 2.59. The van der Waals surface area contributed by atoms with E-state index in [1.807, 2.05) is 6.07 Å². The Morgan fingerprint density at radius 3 is 2.29 bits per heavy atom. The maximum absolute atomic E-state index is 14.1. The van der Waals surface area contributed by atoms with Crippen molar-refractivity contribution in [2.24, 2.45) is 10.8 Å². The van der Waals surface area contributed by atoms with Crippen LogP contribution in [0.5, 0.6) is 0 Å². The van der Waals surface area contributed by atoms with Crippen molar-refractivity contribution in [2.75, 3.05) is 6.16 Å². The molecule has 0 spiro atoms. The van der Waals surface area contributed by atoms with Gasteiger partial charge in [0.05, 0.1) is 18.7 Å². The zero-order valence-corrected chi connectivity index (χ0v) is 22.0. The molecule has 0 fully saturated rings. The summed E-state index contributed by atoms with van der Waals surface area (Å²) in [6, 6.07) is 5.12. The molecule has 1 aliphatic carbocycles. The molecule has 0 aliphatic heterocycles. The Bertz CT molecular complexity index is 989. The summed E-state index contributed by atoms with van der Waals surface area (Å²) in [5.74, 6) is -0.222. The van der Waals surface area contributed by atoms with Crippen LogP contribution in [0.25, 0.3) is 5.57 Å². The zero-order valence-electron chi connectivity index (χ0n) is 21.1. The average molecular weight is 495 g/mol. The number of allylic oxidation sites excluding steroid dienone is 3. The second-order valence-electron chi connectivity index (χ2n) is 9.91. The first-order valence-electron chi connectivity index (χ1n) is 12.3. The lowest BCUT2D eigenvalue weighted by atomic mass is 9.55. The Morgan fingerprint density at radius 1 is 1.18 bits per heavy atom. The maximum atomic E-state index is 14.1. The van der Waals surface area contributed by atoms with E-state index in [2.05, 4.69) is 27.7 Å². The number of aliphatic carboxylic acids is 1. The molecule has 190 valence electrons. The molecular weight excluding hydrogens is 454 g/mol. The van der Waals surface area contributed by atoms with Crippen LogP contribution in [0.1, 0.15) is 83.8 Å². The number of aliphatic hydroxyl groups is 1. The highest BCUT2D eigenvalue weighted by Gasteiger charge is 2.45. The summed E-state index contributed by atoms with van der Waals surface area (Å²) in [4.78, 5) is 21.4. The minimum atomic E-state index is -3.92. The molecule has 5 nitrogen and oxygen atoms in total. The molecule has 1 unspecified atom stereocenters. The quantitative estimate of drug-likeness (QED) is 0.291. The second kappa shape index (κ2) is 11.3. The number of hydrogen-bond acceptors (Lipinski definition) is 3. The number of carboxylic acid groups (broad SMARTS) is 1. The third-order valence-electron chi connectivity index (χ3n) is 7.88. The van der Waals surface area contributed by atoms with Crippen molar-refractivity contribution >= 4 is 18.9 Å². The number of hydrogen-bond donors (Lipinski definition) is 3. The predicted molar refractivity (Wildman–Crippen MR) is 135 cm³/mol. The van der Waals surface area contributed by atoms with Gasteiger partial charge >= 0.3 is 5.97 Å². The third-order valence-corrected chi connectivity index (χ3v) is 9.44. The van der Waals surface area contributed by atoms with E-state index in [0.29, 0.717) is 5.56 Å². The Morgan fingerprint density at radius 2 is 1.79 bits per heavy atom. The number of aliphatic hydroxyl groups excluding tert-OH is 1. The van der Waals surface area contributed by atoms with Crippen molar-refractivity contribution in [3.05, 3.63) is 52.6 Å². The fourth-order valence-electron chi connectivity index (χ4n) is 5.48. The highest BCUT2D eigenvalue weighted by molar-refractivity contribution is 7.61. The van der Waals surface area contributed by atoms with E-state index >= 15 is 0 Å². The van der Waals surface area contributed by atoms with Crippen LogP contribution in [0.3, 0.4) is 0 Å². The summed E-state index contributed by atoms with van der Waals surface area (Å²) in [5.41, 5.74) is 3.42. The number of carbonyl (C=O) groups is 1. The van der Waals surface area contributed by atoms with Gasteiger partial charge in [0.1, 0.15) is 5.82 Å². The van der Waals surface area contributed by atoms with Gasteiger partial charge in [-0.3, -0.25) is 9.36 Å². The van der Waals surface area contributed by atoms with Crippen molar-refractivity contribution in [3.8, 4) is 0 Å². The molecule has 0 saturated heterocycles. The molecule has 1 aromatic carbocycles. The first-order chi connectivity index (χ1) is 15.9. The van der Waals surface area contributed by atoms with E-state index in [4.69, 9.17) is 5.11 Å². The molecule has 7 heteroatoms. The van der Waals surface area contributed by atoms with Gasteiger partial charge in [0, 0.05) is 5.82 Å². The molecule has 0 bridgehead atoms. The smallest absolute Gasteiger partial charge is 0.305 e. The molecule has 0 saturated carbocycles. The fraction of sp³-hybridized carbons (Fsp3) is 0.593. The number of halogens is 1. The molecule has 0 radical (unpaired) electrons. The van der Waals surface area contributed by atoms with Gasteiger partial charge in [-0.15, -0.1) is 0 Å². The summed E-state index contributed by atoms with van der Waals surface area (Å²) < 4.78 is 26.9. The summed E-state index contributed by atoms with van der Waals surface area (Å²) in [6.07, 6.45) is 4.72. The van der Waals surface area contributed by atoms with Crippen LogP contribution in [0, 0.1) is 23.6 Å². The fourth-order valence-corrected chi connectivity index (χ4v) is 6.72. The lowest BCUT2D eigenvalue weighted by molar-refractivity contribution is -0.138. The van der Waals surface area contributed by atoms with E-state index in [0.717, 1.165) is 55.2 Å². The largest absolute Gasteiger partial charge is 0.481 e. The van der Waals surface area contributed by atoms with Gasteiger partial charge in [0.2, 0.25) is 7.37 Å². The minimum absolute atomic E-state index is 0.0849. The molecule has 0 amide bonds. The van der Waals surface area contributed by atoms with Gasteiger partial charge < -0.3 is 15.1 Å². The Hall–Kier alpha value is -1.75. The van der Waals surface area contributed by atoms with Crippen LogP contribution in [0.2, 0.25) is 0 Å². The Labute approximate surface area is 203 Å². The summed E-state index contributed by atoms with van der Waals surface area (Å²) in [7, 11) is -3.92. The van der Waals surface area contributed by atoms with E-state index in [1.54, 1.807) is 19.1 Å². The first-order valence-corrected chi connectivity index (χ1v) is 14.2. The zero-order chi connectivity index (χ0) is 25.7. The molecule has 2 atom stereocenters. The number of aryl methyl sites for hydroxylation is 1. The van der Waals surface area contributed by atoms with Gasteiger partial charge in [0.25, 0.3) is 0 Å². The topological polar surface area (TPSA) is 94.8 Å². The lowest BCUT2D eigenvalue weighted by Gasteiger charge is -2.49. The van der Waals surface area contributed by atoms with Crippen molar-refractivity contribution < 1.29 is 28.9 Å². The molecule has 1 aliphatic rings. The van der Waals surface area contributed by atoms with Gasteiger partial charge in [-0.25, -0.2) is 4.39 Å². The summed E-state index contributed by atoms with van der Waals surface area (Å²) in [5, 5.41) is 18.8. The van der Waals surface area contributed by atoms with Crippen molar-refractivity contribution in [2.45, 2.75) is 85.7 Å². The monoisotopic (exact) mass is 494 g/mol. The van der Waals surface area contributed by atoms with Crippen LogP contribution < -0.4 is 0 Å². The molecule has 0 heterocycles. The number of rotatable bonds is 11. The number of carboxylic acids is 1. The molecule has 1 aromatic rings. The molecule has 2 rings (SSSR count). The van der Waals surface area contributed by atoms with Crippen LogP contribution in [0.4, 0.5) is 4.39 Å². The molecule has 0 aromatic heterocycles. The average Bonchev–Trinajstić information content (AvgIpc) is 2.78. The van der Waals surface area contributed by atoms with Crippen molar-refractivity contribution in [1.82, 2.24) is 0 Å². The predicted octanol–water partition coefficient (Wildman–Crippen LogP) is 6.91. The molecular formula is C27H40FO5P. The Kier molecular flexibility index (Phi) is 9.49. The standard InChI is InChI=1S/C27H40FO5P/c1-6-26(7-2)16-22(20-10-11-24(28)19(5)14-20)23(27(8-3,9-4)18-26)12-13-34(32,33)17-21(29)15-25(30)31/h10-14,21,29H,6-9,15-18H2,1-5H3,(H,30,31)(H,32,33)/t21-/m0/s1. The van der Waals surface area contributed by atoms with Gasteiger partial charge in [-0.05, 0) is 77.8 Å². The van der Waals surface area contributed by atoms with Crippen LogP contribution >= 0.6 is 7.37 Å². The van der Waals surface area contributed by atoms with Crippen LogP contribution in [-0.2, 0) is 9.36 Å².